The number of carbonyl (C=O) groups is 2. The summed E-state index contributed by atoms with van der Waals surface area (Å²) in [5.41, 5.74) is 6.72. The van der Waals surface area contributed by atoms with E-state index < -0.39 is 0 Å². The molecule has 28 heavy (non-hydrogen) atoms. The smallest absolute Gasteiger partial charge is 0.224 e. The van der Waals surface area contributed by atoms with Crippen LogP contribution in [0.3, 0.4) is 0 Å². The number of hydrogen-bond donors (Lipinski definition) is 2. The molecule has 0 aliphatic carbocycles. The number of unbranched alkanes of at least 4 members (excludes halogenated alkanes) is 2. The second-order valence-corrected chi connectivity index (χ2v) is 7.17. The van der Waals surface area contributed by atoms with Crippen LogP contribution in [0.15, 0.2) is 24.3 Å². The lowest BCUT2D eigenvalue weighted by Gasteiger charge is -2.32. The molecule has 7 heteroatoms. The largest absolute Gasteiger partial charge is 0.497 e. The molecule has 6 nitrogen and oxygen atoms in total. The summed E-state index contributed by atoms with van der Waals surface area (Å²) in [6, 6.07) is 8.14. The molecule has 0 saturated carbocycles. The Morgan fingerprint density at radius 2 is 1.96 bits per heavy atom. The van der Waals surface area contributed by atoms with Gasteiger partial charge < -0.3 is 20.7 Å². The van der Waals surface area contributed by atoms with E-state index in [1.165, 1.54) is 5.56 Å². The molecule has 158 valence electrons. The number of ether oxygens (including phenoxy) is 1. The highest BCUT2D eigenvalue weighted by Crippen LogP contribution is 2.19. The molecule has 0 aromatic heterocycles. The monoisotopic (exact) mass is 411 g/mol. The minimum Gasteiger partial charge on any atom is -0.497 e. The van der Waals surface area contributed by atoms with Crippen LogP contribution in [0.4, 0.5) is 0 Å². The van der Waals surface area contributed by atoms with E-state index >= 15 is 0 Å². The SMILES string of the molecule is COc1ccc(CCCCCC(=O)N2CCCC(C(=O)NCCN)C2)cc1.Cl. The predicted molar refractivity (Wildman–Crippen MR) is 114 cm³/mol. The molecule has 1 atom stereocenters. The van der Waals surface area contributed by atoms with Gasteiger partial charge in [-0.25, -0.2) is 0 Å². The lowest BCUT2D eigenvalue weighted by molar-refractivity contribution is -0.135. The van der Waals surface area contributed by atoms with Crippen LogP contribution < -0.4 is 15.8 Å². The Balaban J connectivity index is 0.00000392. The Kier molecular flexibility index (Phi) is 11.6. The first-order valence-electron chi connectivity index (χ1n) is 10.0. The number of likely N-dealkylation sites (tertiary alicyclic amines) is 1. The quantitative estimate of drug-likeness (QED) is 0.579. The number of nitrogens with one attached hydrogen (secondary N) is 1. The van der Waals surface area contributed by atoms with Gasteiger partial charge in [-0.3, -0.25) is 9.59 Å². The average Bonchev–Trinajstić information content (AvgIpc) is 2.72. The van der Waals surface area contributed by atoms with Gasteiger partial charge in [-0.1, -0.05) is 18.6 Å². The summed E-state index contributed by atoms with van der Waals surface area (Å²) in [6.07, 6.45) is 6.34. The van der Waals surface area contributed by atoms with E-state index in [-0.39, 0.29) is 30.1 Å². The topological polar surface area (TPSA) is 84.7 Å². The van der Waals surface area contributed by atoms with Gasteiger partial charge in [0, 0.05) is 32.6 Å². The number of benzene rings is 1. The number of halogens is 1. The van der Waals surface area contributed by atoms with Gasteiger partial charge in [-0.2, -0.15) is 0 Å². The van der Waals surface area contributed by atoms with Crippen molar-refractivity contribution in [1.29, 1.82) is 0 Å². The molecule has 0 bridgehead atoms. The number of hydrogen-bond acceptors (Lipinski definition) is 4. The Labute approximate surface area is 174 Å². The molecule has 3 N–H and O–H groups in total. The fraction of sp³-hybridized carbons (Fsp3) is 0.619. The van der Waals surface area contributed by atoms with Crippen molar-refractivity contribution in [1.82, 2.24) is 10.2 Å². The highest BCUT2D eigenvalue weighted by atomic mass is 35.5. The van der Waals surface area contributed by atoms with Crippen molar-refractivity contribution in [3.8, 4) is 5.75 Å². The molecule has 1 saturated heterocycles. The molecule has 0 radical (unpaired) electrons. The van der Waals surface area contributed by atoms with Crippen molar-refractivity contribution >= 4 is 24.2 Å². The Morgan fingerprint density at radius 1 is 1.21 bits per heavy atom. The Morgan fingerprint density at radius 3 is 2.64 bits per heavy atom. The summed E-state index contributed by atoms with van der Waals surface area (Å²) in [5.74, 6) is 0.985. The predicted octanol–water partition coefficient (Wildman–Crippen LogP) is 2.53. The van der Waals surface area contributed by atoms with Gasteiger partial charge in [-0.15, -0.1) is 12.4 Å². The van der Waals surface area contributed by atoms with E-state index in [9.17, 15) is 9.59 Å². The van der Waals surface area contributed by atoms with Crippen LogP contribution in [0.2, 0.25) is 0 Å². The molecule has 1 aromatic rings. The van der Waals surface area contributed by atoms with Gasteiger partial charge in [0.15, 0.2) is 0 Å². The number of rotatable bonds is 10. The third kappa shape index (κ3) is 8.07. The van der Waals surface area contributed by atoms with Crippen molar-refractivity contribution in [3.63, 3.8) is 0 Å². The molecular formula is C21H34ClN3O3. The Bertz CT molecular complexity index is 595. The molecule has 1 aliphatic heterocycles. The zero-order chi connectivity index (χ0) is 19.5. The van der Waals surface area contributed by atoms with Crippen LogP contribution in [-0.4, -0.2) is 50.0 Å². The van der Waals surface area contributed by atoms with Crippen molar-refractivity contribution in [2.45, 2.75) is 44.9 Å². The maximum absolute atomic E-state index is 12.4. The number of piperidine rings is 1. The maximum Gasteiger partial charge on any atom is 0.224 e. The fourth-order valence-corrected chi connectivity index (χ4v) is 3.49. The van der Waals surface area contributed by atoms with Crippen molar-refractivity contribution < 1.29 is 14.3 Å². The standard InChI is InChI=1S/C21H33N3O3.ClH/c1-27-19-11-9-17(10-12-19)6-3-2-4-8-20(25)24-15-5-7-18(16-24)21(26)23-14-13-22;/h9-12,18H,2-8,13-16,22H2,1H3,(H,23,26);1H. The van der Waals surface area contributed by atoms with Crippen molar-refractivity contribution in [2.75, 3.05) is 33.3 Å². The number of methoxy groups -OCH3 is 1. The van der Waals surface area contributed by atoms with Crippen LogP contribution in [-0.2, 0) is 16.0 Å². The highest BCUT2D eigenvalue weighted by molar-refractivity contribution is 5.85. The molecule has 1 unspecified atom stereocenters. The summed E-state index contributed by atoms with van der Waals surface area (Å²) in [5, 5.41) is 2.83. The maximum atomic E-state index is 12.4. The van der Waals surface area contributed by atoms with Crippen molar-refractivity contribution in [2.24, 2.45) is 11.7 Å². The minimum absolute atomic E-state index is 0. The van der Waals surface area contributed by atoms with Crippen LogP contribution >= 0.6 is 12.4 Å². The van der Waals surface area contributed by atoms with Crippen LogP contribution in [0.1, 0.15) is 44.1 Å². The second kappa shape index (κ2) is 13.4. The van der Waals surface area contributed by atoms with E-state index in [2.05, 4.69) is 17.4 Å². The zero-order valence-corrected chi connectivity index (χ0v) is 17.6. The van der Waals surface area contributed by atoms with Gasteiger partial charge in [0.2, 0.25) is 11.8 Å². The summed E-state index contributed by atoms with van der Waals surface area (Å²) in [4.78, 5) is 26.4. The molecule has 1 aliphatic rings. The molecule has 2 amide bonds. The Hall–Kier alpha value is -1.79. The van der Waals surface area contributed by atoms with E-state index in [0.29, 0.717) is 26.1 Å². The van der Waals surface area contributed by atoms with E-state index in [0.717, 1.165) is 50.8 Å². The van der Waals surface area contributed by atoms with Gasteiger partial charge in [0.25, 0.3) is 0 Å². The molecule has 1 aromatic carbocycles. The molecular weight excluding hydrogens is 378 g/mol. The van der Waals surface area contributed by atoms with E-state index in [1.54, 1.807) is 7.11 Å². The minimum atomic E-state index is -0.0932. The number of carbonyl (C=O) groups excluding carboxylic acids is 2. The van der Waals surface area contributed by atoms with E-state index in [1.807, 2.05) is 17.0 Å². The first-order valence-corrected chi connectivity index (χ1v) is 10.0. The van der Waals surface area contributed by atoms with Gasteiger partial charge in [0.1, 0.15) is 5.75 Å². The normalized spacial score (nSPS) is 16.2. The third-order valence-corrected chi connectivity index (χ3v) is 5.10. The van der Waals surface area contributed by atoms with Gasteiger partial charge in [0.05, 0.1) is 13.0 Å². The number of aryl methyl sites for hydroxylation is 1. The van der Waals surface area contributed by atoms with E-state index in [4.69, 9.17) is 10.5 Å². The second-order valence-electron chi connectivity index (χ2n) is 7.17. The third-order valence-electron chi connectivity index (χ3n) is 5.10. The summed E-state index contributed by atoms with van der Waals surface area (Å²) in [7, 11) is 1.67. The summed E-state index contributed by atoms with van der Waals surface area (Å²) < 4.78 is 5.16. The summed E-state index contributed by atoms with van der Waals surface area (Å²) in [6.45, 7) is 2.25. The first kappa shape index (κ1) is 24.2. The lowest BCUT2D eigenvalue weighted by Crippen LogP contribution is -2.46. The fourth-order valence-electron chi connectivity index (χ4n) is 3.49. The lowest BCUT2D eigenvalue weighted by atomic mass is 9.96. The number of nitrogens with two attached hydrogens (primary N) is 1. The van der Waals surface area contributed by atoms with Crippen LogP contribution in [0, 0.1) is 5.92 Å². The summed E-state index contributed by atoms with van der Waals surface area (Å²) >= 11 is 0. The number of amides is 2. The first-order chi connectivity index (χ1) is 13.1. The average molecular weight is 412 g/mol. The molecule has 1 fully saturated rings. The van der Waals surface area contributed by atoms with Crippen LogP contribution in [0.5, 0.6) is 5.75 Å². The number of nitrogens with zero attached hydrogens (tertiary/aromatic N) is 1. The molecule has 0 spiro atoms. The molecule has 2 rings (SSSR count). The van der Waals surface area contributed by atoms with Gasteiger partial charge in [-0.05, 0) is 49.8 Å². The zero-order valence-electron chi connectivity index (χ0n) is 16.8. The van der Waals surface area contributed by atoms with Crippen LogP contribution in [0.25, 0.3) is 0 Å². The molecule has 1 heterocycles. The van der Waals surface area contributed by atoms with Gasteiger partial charge >= 0.3 is 0 Å². The highest BCUT2D eigenvalue weighted by Gasteiger charge is 2.27. The van der Waals surface area contributed by atoms with Crippen molar-refractivity contribution in [3.05, 3.63) is 29.8 Å².